The average Bonchev–Trinajstić information content (AvgIpc) is 2.89. The highest BCUT2D eigenvalue weighted by Gasteiger charge is 2.41. The van der Waals surface area contributed by atoms with Crippen LogP contribution in [0.15, 0.2) is 24.3 Å². The molecule has 2 aliphatic rings. The Balaban J connectivity index is 1.83. The van der Waals surface area contributed by atoms with Crippen LogP contribution >= 0.6 is 0 Å². The minimum Gasteiger partial charge on any atom is -0.374 e. The van der Waals surface area contributed by atoms with Crippen LogP contribution in [-0.2, 0) is 20.5 Å². The van der Waals surface area contributed by atoms with Gasteiger partial charge in [-0.3, -0.25) is 0 Å². The van der Waals surface area contributed by atoms with Crippen LogP contribution in [0.5, 0.6) is 0 Å². The molecule has 1 aromatic carbocycles. The first-order valence-corrected chi connectivity index (χ1v) is 8.24. The molecule has 5 nitrogen and oxygen atoms in total. The molecular weight excluding hydrogens is 283 g/mol. The summed E-state index contributed by atoms with van der Waals surface area (Å²) in [6, 6.07) is 5.81. The van der Waals surface area contributed by atoms with E-state index in [1.165, 1.54) is 16.4 Å². The number of rotatable bonds is 3. The number of hydrogen-bond acceptors (Lipinski definition) is 4. The Morgan fingerprint density at radius 2 is 2.15 bits per heavy atom. The third-order valence-electron chi connectivity index (χ3n) is 3.79. The number of benzene rings is 1. The highest BCUT2D eigenvalue weighted by Crippen LogP contribution is 2.23. The van der Waals surface area contributed by atoms with Gasteiger partial charge in [0, 0.05) is 25.2 Å². The lowest BCUT2D eigenvalue weighted by Crippen LogP contribution is -2.53. The summed E-state index contributed by atoms with van der Waals surface area (Å²) in [5.41, 5.74) is 0.210. The molecule has 1 N–H and O–H groups in total. The average molecular weight is 300 g/mol. The Labute approximate surface area is 117 Å². The number of nitrogens with zero attached hydrogens (tertiary/aromatic N) is 1. The van der Waals surface area contributed by atoms with Crippen LogP contribution in [0.4, 0.5) is 4.39 Å². The fourth-order valence-corrected chi connectivity index (χ4v) is 4.57. The smallest absolute Gasteiger partial charge is 0.218 e. The van der Waals surface area contributed by atoms with Gasteiger partial charge in [-0.05, 0) is 6.07 Å². The van der Waals surface area contributed by atoms with E-state index in [0.717, 1.165) is 0 Å². The molecule has 0 aliphatic carbocycles. The fourth-order valence-electron chi connectivity index (χ4n) is 2.80. The van der Waals surface area contributed by atoms with Crippen molar-refractivity contribution in [2.45, 2.75) is 17.9 Å². The molecule has 2 aliphatic heterocycles. The second kappa shape index (κ2) is 5.40. The van der Waals surface area contributed by atoms with E-state index in [9.17, 15) is 12.8 Å². The predicted molar refractivity (Wildman–Crippen MR) is 72.1 cm³/mol. The zero-order valence-corrected chi connectivity index (χ0v) is 11.8. The Hall–Kier alpha value is -1.02. The zero-order chi connectivity index (χ0) is 14.2. The number of morpholine rings is 1. The summed E-state index contributed by atoms with van der Waals surface area (Å²) in [7, 11) is -3.54. The van der Waals surface area contributed by atoms with Crippen LogP contribution in [0.3, 0.4) is 0 Å². The van der Waals surface area contributed by atoms with Crippen LogP contribution in [0.1, 0.15) is 5.56 Å². The van der Waals surface area contributed by atoms with E-state index in [-0.39, 0.29) is 23.5 Å². The van der Waals surface area contributed by atoms with Crippen molar-refractivity contribution in [1.82, 2.24) is 9.62 Å². The first kappa shape index (κ1) is 13.9. The van der Waals surface area contributed by atoms with Crippen molar-refractivity contribution in [3.63, 3.8) is 0 Å². The van der Waals surface area contributed by atoms with Gasteiger partial charge in [0.2, 0.25) is 10.0 Å². The number of sulfonamides is 1. The second-order valence-electron chi connectivity index (χ2n) is 5.09. The van der Waals surface area contributed by atoms with E-state index in [1.54, 1.807) is 12.1 Å². The van der Waals surface area contributed by atoms with Crippen molar-refractivity contribution in [2.75, 3.05) is 26.2 Å². The SMILES string of the molecule is O=S(=O)(Cc1ccccc1F)N1CCO[C@H]2CNC[C@H]21. The third kappa shape index (κ3) is 2.58. The van der Waals surface area contributed by atoms with Crippen LogP contribution in [0.2, 0.25) is 0 Å². The quantitative estimate of drug-likeness (QED) is 0.874. The number of ether oxygens (including phenoxy) is 1. The Kier molecular flexibility index (Phi) is 3.76. The largest absolute Gasteiger partial charge is 0.374 e. The van der Waals surface area contributed by atoms with E-state index < -0.39 is 15.8 Å². The molecule has 110 valence electrons. The van der Waals surface area contributed by atoms with Crippen molar-refractivity contribution >= 4 is 10.0 Å². The second-order valence-corrected chi connectivity index (χ2v) is 7.01. The lowest BCUT2D eigenvalue weighted by atomic mass is 10.2. The van der Waals surface area contributed by atoms with E-state index in [1.807, 2.05) is 0 Å². The number of halogens is 1. The molecule has 0 bridgehead atoms. The van der Waals surface area contributed by atoms with Crippen LogP contribution in [-0.4, -0.2) is 51.1 Å². The lowest BCUT2D eigenvalue weighted by molar-refractivity contribution is -0.0149. The summed E-state index contributed by atoms with van der Waals surface area (Å²) in [6.07, 6.45) is -0.0980. The van der Waals surface area contributed by atoms with Gasteiger partial charge in [0.05, 0.1) is 24.5 Å². The summed E-state index contributed by atoms with van der Waals surface area (Å²) >= 11 is 0. The normalized spacial score (nSPS) is 27.4. The summed E-state index contributed by atoms with van der Waals surface area (Å²) < 4.78 is 45.7. The molecule has 0 saturated carbocycles. The predicted octanol–water partition coefficient (Wildman–Crippen LogP) is 0.328. The molecule has 0 spiro atoms. The maximum absolute atomic E-state index is 13.6. The monoisotopic (exact) mass is 300 g/mol. The number of nitrogens with one attached hydrogen (secondary N) is 1. The molecule has 2 atom stereocenters. The summed E-state index contributed by atoms with van der Waals surface area (Å²) in [5, 5.41) is 3.14. The van der Waals surface area contributed by atoms with Crippen molar-refractivity contribution in [3.8, 4) is 0 Å². The standard InChI is InChI=1S/C13H17FN2O3S/c14-11-4-2-1-3-10(11)9-20(17,18)16-5-6-19-13-8-15-7-12(13)16/h1-4,12-13,15H,5-9H2/t12-,13+/m1/s1. The molecule has 0 radical (unpaired) electrons. The van der Waals surface area contributed by atoms with Gasteiger partial charge < -0.3 is 10.1 Å². The molecule has 0 amide bonds. The Morgan fingerprint density at radius 1 is 1.35 bits per heavy atom. The highest BCUT2D eigenvalue weighted by molar-refractivity contribution is 7.88. The van der Waals surface area contributed by atoms with E-state index in [4.69, 9.17) is 4.74 Å². The van der Waals surface area contributed by atoms with Crippen LogP contribution < -0.4 is 5.32 Å². The van der Waals surface area contributed by atoms with Crippen molar-refractivity contribution in [3.05, 3.63) is 35.6 Å². The number of hydrogen-bond donors (Lipinski definition) is 1. The maximum Gasteiger partial charge on any atom is 0.218 e. The lowest BCUT2D eigenvalue weighted by Gasteiger charge is -2.35. The number of fused-ring (bicyclic) bond motifs is 1. The third-order valence-corrected chi connectivity index (χ3v) is 5.64. The molecule has 2 heterocycles. The topological polar surface area (TPSA) is 58.6 Å². The van der Waals surface area contributed by atoms with Crippen LogP contribution in [0, 0.1) is 5.82 Å². The molecule has 0 aromatic heterocycles. The van der Waals surface area contributed by atoms with Gasteiger partial charge in [-0.2, -0.15) is 4.31 Å². The van der Waals surface area contributed by atoms with Gasteiger partial charge in [-0.15, -0.1) is 0 Å². The van der Waals surface area contributed by atoms with Gasteiger partial charge in [-0.1, -0.05) is 18.2 Å². The molecule has 7 heteroatoms. The van der Waals surface area contributed by atoms with Gasteiger partial charge >= 0.3 is 0 Å². The highest BCUT2D eigenvalue weighted by atomic mass is 32.2. The van der Waals surface area contributed by atoms with Crippen molar-refractivity contribution in [2.24, 2.45) is 0 Å². The molecule has 2 saturated heterocycles. The fraction of sp³-hybridized carbons (Fsp3) is 0.538. The van der Waals surface area contributed by atoms with Crippen molar-refractivity contribution < 1.29 is 17.5 Å². The maximum atomic E-state index is 13.6. The molecule has 0 unspecified atom stereocenters. The molecule has 3 rings (SSSR count). The van der Waals surface area contributed by atoms with E-state index >= 15 is 0 Å². The summed E-state index contributed by atoms with van der Waals surface area (Å²) in [5.74, 6) is -0.784. The zero-order valence-electron chi connectivity index (χ0n) is 11.0. The van der Waals surface area contributed by atoms with E-state index in [2.05, 4.69) is 5.32 Å². The molecule has 20 heavy (non-hydrogen) atoms. The van der Waals surface area contributed by atoms with Crippen molar-refractivity contribution in [1.29, 1.82) is 0 Å². The van der Waals surface area contributed by atoms with Crippen LogP contribution in [0.25, 0.3) is 0 Å². The molecule has 1 aromatic rings. The molecule has 2 fully saturated rings. The van der Waals surface area contributed by atoms with Gasteiger partial charge in [-0.25, -0.2) is 12.8 Å². The summed E-state index contributed by atoms with van der Waals surface area (Å²) in [4.78, 5) is 0. The minimum atomic E-state index is -3.54. The van der Waals surface area contributed by atoms with E-state index in [0.29, 0.717) is 26.2 Å². The molecular formula is C13H17FN2O3S. The summed E-state index contributed by atoms with van der Waals surface area (Å²) in [6.45, 7) is 1.97. The Morgan fingerprint density at radius 3 is 2.95 bits per heavy atom. The van der Waals surface area contributed by atoms with Gasteiger partial charge in [0.25, 0.3) is 0 Å². The van der Waals surface area contributed by atoms with Gasteiger partial charge in [0.1, 0.15) is 5.82 Å². The first-order chi connectivity index (χ1) is 9.58. The first-order valence-electron chi connectivity index (χ1n) is 6.63. The Bertz CT molecular complexity index is 593. The van der Waals surface area contributed by atoms with Gasteiger partial charge in [0.15, 0.2) is 0 Å². The minimum absolute atomic E-state index is 0.0980.